The summed E-state index contributed by atoms with van der Waals surface area (Å²) in [6.45, 7) is 9.73. The van der Waals surface area contributed by atoms with E-state index in [-0.39, 0.29) is 0 Å². The number of allylic oxidation sites excluding steroid dienone is 8. The first-order valence-electron chi connectivity index (χ1n) is 6.01. The van der Waals surface area contributed by atoms with Gasteiger partial charge in [0.15, 0.2) is 0 Å². The topological polar surface area (TPSA) is 12.4 Å². The first-order valence-corrected chi connectivity index (χ1v) is 6.01. The van der Waals surface area contributed by atoms with Crippen molar-refractivity contribution in [1.82, 2.24) is 0 Å². The summed E-state index contributed by atoms with van der Waals surface area (Å²) in [5.41, 5.74) is 2.21. The van der Waals surface area contributed by atoms with Crippen LogP contribution in [0.4, 0.5) is 0 Å². The van der Waals surface area contributed by atoms with Crippen LogP contribution in [0, 0.1) is 0 Å². The maximum atomic E-state index is 4.39. The lowest BCUT2D eigenvalue weighted by atomic mass is 10.1. The van der Waals surface area contributed by atoms with Crippen LogP contribution in [0.1, 0.15) is 33.6 Å². The molecule has 0 aliphatic carbocycles. The van der Waals surface area contributed by atoms with Crippen molar-refractivity contribution in [3.8, 4) is 0 Å². The molecule has 0 N–H and O–H groups in total. The van der Waals surface area contributed by atoms with E-state index in [9.17, 15) is 0 Å². The summed E-state index contributed by atoms with van der Waals surface area (Å²) in [7, 11) is 0. The molecule has 0 spiro atoms. The largest absolute Gasteiger partial charge is 0.257 e. The van der Waals surface area contributed by atoms with Gasteiger partial charge in [0.05, 0.1) is 5.71 Å². The lowest BCUT2D eigenvalue weighted by molar-refractivity contribution is 1.29. The quantitative estimate of drug-likeness (QED) is 0.430. The number of hydrogen-bond acceptors (Lipinski definition) is 1. The fourth-order valence-corrected chi connectivity index (χ4v) is 1.23. The molecule has 0 bridgehead atoms. The third kappa shape index (κ3) is 8.21. The average Bonchev–Trinajstić information content (AvgIpc) is 2.34. The Morgan fingerprint density at radius 3 is 2.41 bits per heavy atom. The second-order valence-electron chi connectivity index (χ2n) is 3.62. The van der Waals surface area contributed by atoms with E-state index < -0.39 is 0 Å². The molecule has 0 aromatic rings. The second-order valence-corrected chi connectivity index (χ2v) is 3.62. The van der Waals surface area contributed by atoms with E-state index in [1.165, 1.54) is 5.57 Å². The molecule has 0 radical (unpaired) electrons. The molecule has 0 rings (SSSR count). The van der Waals surface area contributed by atoms with Gasteiger partial charge in [0.1, 0.15) is 0 Å². The van der Waals surface area contributed by atoms with Gasteiger partial charge in [0, 0.05) is 6.20 Å². The minimum absolute atomic E-state index is 0.932. The van der Waals surface area contributed by atoms with Gasteiger partial charge < -0.3 is 0 Å². The van der Waals surface area contributed by atoms with Crippen LogP contribution in [-0.2, 0) is 0 Å². The van der Waals surface area contributed by atoms with Gasteiger partial charge in [-0.15, -0.1) is 6.58 Å². The Morgan fingerprint density at radius 2 is 1.82 bits per heavy atom. The van der Waals surface area contributed by atoms with Crippen molar-refractivity contribution in [3.05, 3.63) is 60.9 Å². The standard InChI is InChI=1S/C16H23N/c1-5-8-9-10-11-13-15(4)16(12-6-2)17-14-7-3/h5-7,9-10,12-14H,1,8,11H2,2-4H3/b10-9?,12-6?,14-7-,15-13+,17-16-. The number of aliphatic imine (C=N–C) groups is 1. The van der Waals surface area contributed by atoms with Crippen LogP contribution in [0.15, 0.2) is 65.9 Å². The first kappa shape index (κ1) is 15.4. The van der Waals surface area contributed by atoms with E-state index in [0.717, 1.165) is 18.6 Å². The van der Waals surface area contributed by atoms with Crippen LogP contribution in [0.3, 0.4) is 0 Å². The average molecular weight is 229 g/mol. The number of hydrogen-bond donors (Lipinski definition) is 0. The normalized spacial score (nSPS) is 14.3. The molecule has 0 aromatic carbocycles. The van der Waals surface area contributed by atoms with Gasteiger partial charge in [-0.2, -0.15) is 0 Å². The number of rotatable bonds is 7. The second kappa shape index (κ2) is 10.9. The summed E-state index contributed by atoms with van der Waals surface area (Å²) in [5, 5.41) is 0. The molecule has 0 heterocycles. The molecule has 0 atom stereocenters. The third-order valence-corrected chi connectivity index (χ3v) is 2.12. The maximum absolute atomic E-state index is 4.39. The minimum Gasteiger partial charge on any atom is -0.257 e. The molecular weight excluding hydrogens is 206 g/mol. The van der Waals surface area contributed by atoms with Crippen LogP contribution in [0.25, 0.3) is 0 Å². The molecule has 0 saturated heterocycles. The van der Waals surface area contributed by atoms with Crippen molar-refractivity contribution in [2.24, 2.45) is 4.99 Å². The zero-order chi connectivity index (χ0) is 12.9. The molecular formula is C16H23N. The zero-order valence-corrected chi connectivity index (χ0v) is 11.2. The Kier molecular flexibility index (Phi) is 9.83. The monoisotopic (exact) mass is 229 g/mol. The Hall–Kier alpha value is -1.63. The van der Waals surface area contributed by atoms with E-state index in [4.69, 9.17) is 0 Å². The summed E-state index contributed by atoms with van der Waals surface area (Å²) in [6, 6.07) is 0. The summed E-state index contributed by atoms with van der Waals surface area (Å²) in [6.07, 6.45) is 18.0. The smallest absolute Gasteiger partial charge is 0.0652 e. The third-order valence-electron chi connectivity index (χ3n) is 2.12. The lowest BCUT2D eigenvalue weighted by Gasteiger charge is -1.99. The van der Waals surface area contributed by atoms with Crippen LogP contribution >= 0.6 is 0 Å². The Balaban J connectivity index is 4.55. The van der Waals surface area contributed by atoms with Crippen LogP contribution in [0.5, 0.6) is 0 Å². The van der Waals surface area contributed by atoms with E-state index in [0.29, 0.717) is 0 Å². The Morgan fingerprint density at radius 1 is 1.12 bits per heavy atom. The minimum atomic E-state index is 0.932. The molecule has 0 aliphatic rings. The fourth-order valence-electron chi connectivity index (χ4n) is 1.23. The van der Waals surface area contributed by atoms with Crippen molar-refractivity contribution >= 4 is 5.71 Å². The van der Waals surface area contributed by atoms with E-state index in [1.807, 2.05) is 44.4 Å². The molecule has 92 valence electrons. The van der Waals surface area contributed by atoms with Crippen molar-refractivity contribution < 1.29 is 0 Å². The molecule has 0 aromatic heterocycles. The van der Waals surface area contributed by atoms with Crippen LogP contribution < -0.4 is 0 Å². The predicted octanol–water partition coefficient (Wildman–Crippen LogP) is 5.01. The first-order chi connectivity index (χ1) is 8.26. The van der Waals surface area contributed by atoms with Gasteiger partial charge in [-0.1, -0.05) is 36.5 Å². The Bertz CT molecular complexity index is 352. The van der Waals surface area contributed by atoms with Crippen LogP contribution in [0.2, 0.25) is 0 Å². The highest BCUT2D eigenvalue weighted by Crippen LogP contribution is 2.03. The van der Waals surface area contributed by atoms with E-state index in [1.54, 1.807) is 0 Å². The maximum Gasteiger partial charge on any atom is 0.0652 e. The van der Waals surface area contributed by atoms with Gasteiger partial charge in [-0.25, -0.2) is 0 Å². The SMILES string of the molecule is C=CCC=CC/C=C(C)/C(C=CC)=N\C=C/C. The highest BCUT2D eigenvalue weighted by Gasteiger charge is 1.94. The highest BCUT2D eigenvalue weighted by molar-refractivity contribution is 6.08. The summed E-state index contributed by atoms with van der Waals surface area (Å²) >= 11 is 0. The van der Waals surface area contributed by atoms with Crippen molar-refractivity contribution in [2.45, 2.75) is 33.6 Å². The Labute approximate surface area is 106 Å². The van der Waals surface area contributed by atoms with Gasteiger partial charge in [0.25, 0.3) is 0 Å². The molecule has 0 saturated carbocycles. The molecule has 17 heavy (non-hydrogen) atoms. The molecule has 0 unspecified atom stereocenters. The van der Waals surface area contributed by atoms with Gasteiger partial charge >= 0.3 is 0 Å². The molecule has 0 aliphatic heterocycles. The predicted molar refractivity (Wildman–Crippen MR) is 79.4 cm³/mol. The summed E-state index contributed by atoms with van der Waals surface area (Å²) in [5.74, 6) is 0. The molecule has 1 heteroatoms. The van der Waals surface area contributed by atoms with Crippen molar-refractivity contribution in [2.75, 3.05) is 0 Å². The van der Waals surface area contributed by atoms with Crippen LogP contribution in [-0.4, -0.2) is 5.71 Å². The van der Waals surface area contributed by atoms with Gasteiger partial charge in [0.2, 0.25) is 0 Å². The van der Waals surface area contributed by atoms with E-state index in [2.05, 4.69) is 36.7 Å². The van der Waals surface area contributed by atoms with E-state index >= 15 is 0 Å². The van der Waals surface area contributed by atoms with Gasteiger partial charge in [-0.05, 0) is 45.3 Å². The van der Waals surface area contributed by atoms with Crippen molar-refractivity contribution in [1.29, 1.82) is 0 Å². The van der Waals surface area contributed by atoms with Gasteiger partial charge in [-0.3, -0.25) is 4.99 Å². The molecule has 0 amide bonds. The lowest BCUT2D eigenvalue weighted by Crippen LogP contribution is -1.94. The molecule has 0 fully saturated rings. The van der Waals surface area contributed by atoms with Crippen molar-refractivity contribution in [3.63, 3.8) is 0 Å². The number of nitrogens with zero attached hydrogens (tertiary/aromatic N) is 1. The summed E-state index contributed by atoms with van der Waals surface area (Å²) < 4.78 is 0. The highest BCUT2D eigenvalue weighted by atomic mass is 14.7. The summed E-state index contributed by atoms with van der Waals surface area (Å²) in [4.78, 5) is 4.39. The zero-order valence-electron chi connectivity index (χ0n) is 11.2. The molecule has 1 nitrogen and oxygen atoms in total. The fraction of sp³-hybridized carbons (Fsp3) is 0.312.